The van der Waals surface area contributed by atoms with E-state index >= 15 is 0 Å². The van der Waals surface area contributed by atoms with Crippen LogP contribution in [0.2, 0.25) is 0 Å². The van der Waals surface area contributed by atoms with E-state index in [1.54, 1.807) is 0 Å². The van der Waals surface area contributed by atoms with Gasteiger partial charge in [-0.25, -0.2) is 0 Å². The van der Waals surface area contributed by atoms with E-state index in [4.69, 9.17) is 4.74 Å². The number of ether oxygens (including phenoxy) is 1. The fourth-order valence-corrected chi connectivity index (χ4v) is 1.69. The van der Waals surface area contributed by atoms with Crippen molar-refractivity contribution in [3.8, 4) is 5.75 Å². The van der Waals surface area contributed by atoms with Gasteiger partial charge in [0.2, 0.25) is 0 Å². The summed E-state index contributed by atoms with van der Waals surface area (Å²) in [5.41, 5.74) is 0. The molecule has 90 valence electrons. The van der Waals surface area contributed by atoms with Crippen LogP contribution in [0.3, 0.4) is 0 Å². The Balaban J connectivity index is 2.28. The summed E-state index contributed by atoms with van der Waals surface area (Å²) in [7, 11) is 0. The van der Waals surface area contributed by atoms with Gasteiger partial charge in [-0.3, -0.25) is 0 Å². The van der Waals surface area contributed by atoms with Gasteiger partial charge in [-0.2, -0.15) is 0 Å². The van der Waals surface area contributed by atoms with E-state index in [0.29, 0.717) is 0 Å². The largest absolute Gasteiger partial charge is 0.491 e. The zero-order valence-electron chi connectivity index (χ0n) is 10.6. The fourth-order valence-electron chi connectivity index (χ4n) is 1.69. The van der Waals surface area contributed by atoms with E-state index in [0.717, 1.165) is 31.8 Å². The smallest absolute Gasteiger partial charge is 0.119 e. The van der Waals surface area contributed by atoms with Crippen molar-refractivity contribution >= 4 is 0 Å². The number of hydrogen-bond donors (Lipinski definition) is 0. The van der Waals surface area contributed by atoms with Gasteiger partial charge in [-0.05, 0) is 38.6 Å². The molecular weight excluding hydrogens is 198 g/mol. The Kier molecular flexibility index (Phi) is 5.94. The highest BCUT2D eigenvalue weighted by atomic mass is 16.5. The predicted octanol–water partition coefficient (Wildman–Crippen LogP) is 3.19. The summed E-state index contributed by atoms with van der Waals surface area (Å²) in [6.45, 7) is 9.89. The van der Waals surface area contributed by atoms with E-state index < -0.39 is 0 Å². The lowest BCUT2D eigenvalue weighted by Crippen LogP contribution is -2.27. The van der Waals surface area contributed by atoms with Gasteiger partial charge in [0, 0.05) is 6.54 Å². The molecule has 0 aliphatic carbocycles. The normalized spacial score (nSPS) is 12.8. The Bertz CT molecular complexity index is 269. The molecule has 1 unspecified atom stereocenters. The molecule has 0 aliphatic heterocycles. The quantitative estimate of drug-likeness (QED) is 0.701. The van der Waals surface area contributed by atoms with Gasteiger partial charge >= 0.3 is 0 Å². The van der Waals surface area contributed by atoms with Gasteiger partial charge in [0.25, 0.3) is 0 Å². The van der Waals surface area contributed by atoms with E-state index in [1.165, 1.54) is 0 Å². The monoisotopic (exact) mass is 221 g/mol. The van der Waals surface area contributed by atoms with Crippen LogP contribution in [-0.4, -0.2) is 30.6 Å². The SMILES string of the molecule is CCN(CC)CCC(C)Oc1ccccc1. The molecule has 0 spiro atoms. The van der Waals surface area contributed by atoms with Gasteiger partial charge in [-0.15, -0.1) is 0 Å². The highest BCUT2D eigenvalue weighted by Gasteiger charge is 2.06. The van der Waals surface area contributed by atoms with Crippen molar-refractivity contribution in [3.63, 3.8) is 0 Å². The zero-order valence-corrected chi connectivity index (χ0v) is 10.6. The highest BCUT2D eigenvalue weighted by molar-refractivity contribution is 5.21. The average molecular weight is 221 g/mol. The molecule has 0 heterocycles. The summed E-state index contributed by atoms with van der Waals surface area (Å²) < 4.78 is 5.83. The van der Waals surface area contributed by atoms with E-state index in [2.05, 4.69) is 25.7 Å². The Labute approximate surface area is 99.2 Å². The van der Waals surface area contributed by atoms with Crippen molar-refractivity contribution in [3.05, 3.63) is 30.3 Å². The van der Waals surface area contributed by atoms with Gasteiger partial charge in [0.05, 0.1) is 6.10 Å². The van der Waals surface area contributed by atoms with Crippen LogP contribution < -0.4 is 4.74 Å². The van der Waals surface area contributed by atoms with Crippen LogP contribution in [0.5, 0.6) is 5.75 Å². The molecule has 0 aromatic heterocycles. The topological polar surface area (TPSA) is 12.5 Å². The molecule has 0 saturated heterocycles. The third-order valence-corrected chi connectivity index (χ3v) is 2.83. The predicted molar refractivity (Wildman–Crippen MR) is 68.9 cm³/mol. The van der Waals surface area contributed by atoms with Crippen molar-refractivity contribution in [2.75, 3.05) is 19.6 Å². The van der Waals surface area contributed by atoms with Crippen LogP contribution in [0, 0.1) is 0 Å². The third-order valence-electron chi connectivity index (χ3n) is 2.83. The molecule has 0 aliphatic rings. The first kappa shape index (κ1) is 13.0. The summed E-state index contributed by atoms with van der Waals surface area (Å²) in [6, 6.07) is 10.0. The molecule has 1 aromatic rings. The zero-order chi connectivity index (χ0) is 11.8. The summed E-state index contributed by atoms with van der Waals surface area (Å²) in [5, 5.41) is 0. The average Bonchev–Trinajstić information content (AvgIpc) is 2.31. The van der Waals surface area contributed by atoms with E-state index in [9.17, 15) is 0 Å². The molecule has 0 fully saturated rings. The molecule has 0 saturated carbocycles. The second-order valence-electron chi connectivity index (χ2n) is 4.06. The number of nitrogens with zero attached hydrogens (tertiary/aromatic N) is 1. The number of rotatable bonds is 7. The minimum atomic E-state index is 0.281. The van der Waals surface area contributed by atoms with E-state index in [-0.39, 0.29) is 6.10 Å². The van der Waals surface area contributed by atoms with Gasteiger partial charge in [0.1, 0.15) is 5.75 Å². The lowest BCUT2D eigenvalue weighted by Gasteiger charge is -2.21. The molecule has 1 aromatic carbocycles. The molecule has 1 atom stereocenters. The van der Waals surface area contributed by atoms with Crippen LogP contribution in [0.1, 0.15) is 27.2 Å². The van der Waals surface area contributed by atoms with Crippen molar-refractivity contribution in [1.29, 1.82) is 0 Å². The third kappa shape index (κ3) is 4.67. The maximum atomic E-state index is 5.83. The molecule has 0 N–H and O–H groups in total. The fraction of sp³-hybridized carbons (Fsp3) is 0.571. The Morgan fingerprint density at radius 3 is 2.31 bits per heavy atom. The second kappa shape index (κ2) is 7.29. The lowest BCUT2D eigenvalue weighted by atomic mass is 10.2. The van der Waals surface area contributed by atoms with Crippen molar-refractivity contribution < 1.29 is 4.74 Å². The molecular formula is C14H23NO. The standard InChI is InChI=1S/C14H23NO/c1-4-15(5-2)12-11-13(3)16-14-9-7-6-8-10-14/h6-10,13H,4-5,11-12H2,1-3H3. The van der Waals surface area contributed by atoms with Crippen molar-refractivity contribution in [2.24, 2.45) is 0 Å². The Hall–Kier alpha value is -1.02. The first-order valence-electron chi connectivity index (χ1n) is 6.20. The molecule has 2 nitrogen and oxygen atoms in total. The molecule has 0 radical (unpaired) electrons. The minimum absolute atomic E-state index is 0.281. The maximum absolute atomic E-state index is 5.83. The summed E-state index contributed by atoms with van der Waals surface area (Å²) in [4.78, 5) is 2.42. The van der Waals surface area contributed by atoms with Gasteiger partial charge in [0.15, 0.2) is 0 Å². The molecule has 0 amide bonds. The molecule has 16 heavy (non-hydrogen) atoms. The van der Waals surface area contributed by atoms with Crippen molar-refractivity contribution in [2.45, 2.75) is 33.3 Å². The first-order valence-corrected chi connectivity index (χ1v) is 6.20. The van der Waals surface area contributed by atoms with Crippen LogP contribution in [-0.2, 0) is 0 Å². The summed E-state index contributed by atoms with van der Waals surface area (Å²) in [6.07, 6.45) is 1.36. The first-order chi connectivity index (χ1) is 7.76. The maximum Gasteiger partial charge on any atom is 0.119 e. The lowest BCUT2D eigenvalue weighted by molar-refractivity contribution is 0.181. The molecule has 2 heteroatoms. The van der Waals surface area contributed by atoms with Crippen molar-refractivity contribution in [1.82, 2.24) is 4.90 Å². The van der Waals surface area contributed by atoms with Crippen LogP contribution in [0.25, 0.3) is 0 Å². The highest BCUT2D eigenvalue weighted by Crippen LogP contribution is 2.12. The van der Waals surface area contributed by atoms with Crippen LogP contribution in [0.4, 0.5) is 0 Å². The van der Waals surface area contributed by atoms with E-state index in [1.807, 2.05) is 30.3 Å². The molecule has 1 rings (SSSR count). The number of benzene rings is 1. The molecule has 0 bridgehead atoms. The summed E-state index contributed by atoms with van der Waals surface area (Å²) >= 11 is 0. The Morgan fingerprint density at radius 2 is 1.75 bits per heavy atom. The van der Waals surface area contributed by atoms with Crippen LogP contribution >= 0.6 is 0 Å². The van der Waals surface area contributed by atoms with Gasteiger partial charge in [-0.1, -0.05) is 32.0 Å². The second-order valence-corrected chi connectivity index (χ2v) is 4.06. The summed E-state index contributed by atoms with van der Waals surface area (Å²) in [5.74, 6) is 0.967. The minimum Gasteiger partial charge on any atom is -0.491 e. The number of para-hydroxylation sites is 1. The van der Waals surface area contributed by atoms with Gasteiger partial charge < -0.3 is 9.64 Å². The van der Waals surface area contributed by atoms with Crippen LogP contribution in [0.15, 0.2) is 30.3 Å². The Morgan fingerprint density at radius 1 is 1.12 bits per heavy atom. The number of hydrogen-bond acceptors (Lipinski definition) is 2.